The number of hydrogen-bond acceptors (Lipinski definition) is 3. The second-order valence-electron chi connectivity index (χ2n) is 6.81. The molecule has 2 aromatic rings. The van der Waals surface area contributed by atoms with Crippen molar-refractivity contribution in [2.75, 3.05) is 0 Å². The Balaban J connectivity index is 2.00. The summed E-state index contributed by atoms with van der Waals surface area (Å²) in [6.07, 6.45) is 2.17. The van der Waals surface area contributed by atoms with E-state index in [0.717, 1.165) is 25.1 Å². The van der Waals surface area contributed by atoms with Crippen LogP contribution < -0.4 is 5.73 Å². The van der Waals surface area contributed by atoms with E-state index in [1.807, 2.05) is 0 Å². The number of aryl methyl sites for hydroxylation is 2. The highest BCUT2D eigenvalue weighted by molar-refractivity contribution is 7.09. The molecule has 0 radical (unpaired) electrons. The summed E-state index contributed by atoms with van der Waals surface area (Å²) >= 11 is 1.74. The highest BCUT2D eigenvalue weighted by Crippen LogP contribution is 2.41. The topological polar surface area (TPSA) is 43.8 Å². The van der Waals surface area contributed by atoms with Crippen LogP contribution in [-0.4, -0.2) is 9.55 Å². The van der Waals surface area contributed by atoms with Crippen molar-refractivity contribution in [3.05, 3.63) is 39.1 Å². The first kappa shape index (κ1) is 13.8. The average molecular weight is 289 g/mol. The van der Waals surface area contributed by atoms with Gasteiger partial charge in [0.2, 0.25) is 0 Å². The van der Waals surface area contributed by atoms with E-state index in [-0.39, 0.29) is 11.5 Å². The molecule has 0 saturated carbocycles. The van der Waals surface area contributed by atoms with Gasteiger partial charge in [0, 0.05) is 28.5 Å². The lowest BCUT2D eigenvalue weighted by Crippen LogP contribution is -2.30. The average Bonchev–Trinajstić information content (AvgIpc) is 2.86. The van der Waals surface area contributed by atoms with Crippen molar-refractivity contribution in [2.24, 2.45) is 11.1 Å². The summed E-state index contributed by atoms with van der Waals surface area (Å²) in [6.45, 7) is 9.74. The monoisotopic (exact) mass is 289 g/mol. The fraction of sp³-hybridized carbons (Fsp3) is 0.562. The van der Waals surface area contributed by atoms with E-state index in [9.17, 15) is 0 Å². The lowest BCUT2D eigenvalue weighted by molar-refractivity contribution is 0.276. The van der Waals surface area contributed by atoms with Gasteiger partial charge in [-0.3, -0.25) is 0 Å². The quantitative estimate of drug-likeness (QED) is 0.918. The zero-order valence-corrected chi connectivity index (χ0v) is 13.5. The minimum atomic E-state index is 0.173. The molecule has 1 aliphatic carbocycles. The van der Waals surface area contributed by atoms with Crippen molar-refractivity contribution >= 4 is 11.3 Å². The lowest BCUT2D eigenvalue weighted by Gasteiger charge is -2.34. The molecular weight excluding hydrogens is 266 g/mol. The Morgan fingerprint density at radius 1 is 1.45 bits per heavy atom. The molecule has 2 N–H and O–H groups in total. The van der Waals surface area contributed by atoms with Crippen LogP contribution in [-0.2, 0) is 13.0 Å². The zero-order valence-electron chi connectivity index (χ0n) is 12.7. The molecule has 1 atom stereocenters. The molecule has 3 rings (SSSR count). The summed E-state index contributed by atoms with van der Waals surface area (Å²) in [6, 6.07) is 2.45. The number of nitrogens with two attached hydrogens (primary N) is 1. The number of thiazole rings is 1. The highest BCUT2D eigenvalue weighted by atomic mass is 32.1. The zero-order chi connectivity index (χ0) is 14.5. The maximum atomic E-state index is 6.38. The smallest absolute Gasteiger partial charge is 0.113 e. The molecule has 0 fully saturated rings. The van der Waals surface area contributed by atoms with Crippen LogP contribution >= 0.6 is 11.3 Å². The van der Waals surface area contributed by atoms with Gasteiger partial charge in [0.25, 0.3) is 0 Å². The van der Waals surface area contributed by atoms with Gasteiger partial charge in [0.05, 0.1) is 6.54 Å². The van der Waals surface area contributed by atoms with Crippen LogP contribution in [0.15, 0.2) is 11.4 Å². The van der Waals surface area contributed by atoms with E-state index in [4.69, 9.17) is 5.73 Å². The third-order valence-electron chi connectivity index (χ3n) is 4.23. The number of aromatic nitrogens is 2. The lowest BCUT2D eigenvalue weighted by atomic mass is 9.74. The van der Waals surface area contributed by atoms with Crippen LogP contribution in [0.25, 0.3) is 0 Å². The molecule has 20 heavy (non-hydrogen) atoms. The number of hydrogen-bond donors (Lipinski definition) is 1. The molecule has 0 aromatic carbocycles. The second kappa shape index (κ2) is 4.71. The Labute approximate surface area is 124 Å². The van der Waals surface area contributed by atoms with E-state index in [2.05, 4.69) is 48.7 Å². The van der Waals surface area contributed by atoms with Gasteiger partial charge >= 0.3 is 0 Å². The van der Waals surface area contributed by atoms with Crippen LogP contribution in [0, 0.1) is 19.3 Å². The fourth-order valence-corrected chi connectivity index (χ4v) is 4.09. The van der Waals surface area contributed by atoms with Crippen LogP contribution in [0.5, 0.6) is 0 Å². The normalized spacial score (nSPS) is 20.9. The first-order valence-electron chi connectivity index (χ1n) is 7.21. The predicted octanol–water partition coefficient (Wildman–Crippen LogP) is 3.58. The summed E-state index contributed by atoms with van der Waals surface area (Å²) < 4.78 is 2.41. The molecule has 2 heterocycles. The van der Waals surface area contributed by atoms with Crippen molar-refractivity contribution in [1.29, 1.82) is 0 Å². The second-order valence-corrected chi connectivity index (χ2v) is 7.75. The van der Waals surface area contributed by atoms with Crippen LogP contribution in [0.2, 0.25) is 0 Å². The summed E-state index contributed by atoms with van der Waals surface area (Å²) in [5.41, 5.74) is 11.8. The van der Waals surface area contributed by atoms with Crippen molar-refractivity contribution in [2.45, 2.75) is 53.1 Å². The largest absolute Gasteiger partial charge is 0.342 e. The number of nitrogens with zero attached hydrogens (tertiary/aromatic N) is 2. The van der Waals surface area contributed by atoms with Crippen LogP contribution in [0.1, 0.15) is 54.0 Å². The third kappa shape index (κ3) is 2.42. The Morgan fingerprint density at radius 3 is 2.85 bits per heavy atom. The minimum Gasteiger partial charge on any atom is -0.342 e. The Hall–Kier alpha value is -1.13. The van der Waals surface area contributed by atoms with Gasteiger partial charge in [0.15, 0.2) is 0 Å². The van der Waals surface area contributed by atoms with Crippen LogP contribution in [0.3, 0.4) is 0 Å². The van der Waals surface area contributed by atoms with Crippen molar-refractivity contribution in [3.63, 3.8) is 0 Å². The summed E-state index contributed by atoms with van der Waals surface area (Å²) in [4.78, 5) is 4.60. The Bertz CT molecular complexity index is 636. The molecule has 0 spiro atoms. The summed E-state index contributed by atoms with van der Waals surface area (Å²) in [7, 11) is 0. The van der Waals surface area contributed by atoms with E-state index in [1.54, 1.807) is 11.3 Å². The molecule has 0 amide bonds. The molecule has 4 heteroatoms. The minimum absolute atomic E-state index is 0.173. The highest BCUT2D eigenvalue weighted by Gasteiger charge is 2.33. The maximum absolute atomic E-state index is 6.38. The van der Waals surface area contributed by atoms with Gasteiger partial charge in [-0.2, -0.15) is 0 Å². The van der Waals surface area contributed by atoms with Crippen molar-refractivity contribution in [1.82, 2.24) is 9.55 Å². The third-order valence-corrected chi connectivity index (χ3v) is 5.18. The Morgan fingerprint density at radius 2 is 2.20 bits per heavy atom. The Kier molecular flexibility index (Phi) is 3.26. The molecule has 2 aromatic heterocycles. The molecule has 108 valence electrons. The molecule has 0 saturated heterocycles. The SMILES string of the molecule is Cc1csc(Cn2c(C)cc3c2CC(C)(C)CC3N)n1. The van der Waals surface area contributed by atoms with Gasteiger partial charge in [-0.25, -0.2) is 4.98 Å². The standard InChI is InChI=1S/C16H23N3S/c1-10-9-20-15(18-10)8-19-11(2)5-12-13(17)6-16(3,4)7-14(12)19/h5,9,13H,6-8,17H2,1-4H3. The first-order valence-corrected chi connectivity index (χ1v) is 8.09. The molecule has 1 aliphatic rings. The molecular formula is C16H23N3S. The van der Waals surface area contributed by atoms with Crippen molar-refractivity contribution in [3.8, 4) is 0 Å². The summed E-state index contributed by atoms with van der Waals surface area (Å²) in [5, 5.41) is 3.30. The first-order chi connectivity index (χ1) is 9.35. The molecule has 3 nitrogen and oxygen atoms in total. The van der Waals surface area contributed by atoms with E-state index < -0.39 is 0 Å². The number of fused-ring (bicyclic) bond motifs is 1. The molecule has 0 bridgehead atoms. The van der Waals surface area contributed by atoms with Gasteiger partial charge < -0.3 is 10.3 Å². The van der Waals surface area contributed by atoms with Gasteiger partial charge in [-0.05, 0) is 43.7 Å². The van der Waals surface area contributed by atoms with Crippen LogP contribution in [0.4, 0.5) is 0 Å². The fourth-order valence-electron chi connectivity index (χ4n) is 3.33. The van der Waals surface area contributed by atoms with Gasteiger partial charge in [0.1, 0.15) is 5.01 Å². The summed E-state index contributed by atoms with van der Waals surface area (Å²) in [5.74, 6) is 0. The van der Waals surface area contributed by atoms with Gasteiger partial charge in [-0.1, -0.05) is 13.8 Å². The van der Waals surface area contributed by atoms with E-state index >= 15 is 0 Å². The van der Waals surface area contributed by atoms with E-state index in [0.29, 0.717) is 0 Å². The van der Waals surface area contributed by atoms with Crippen molar-refractivity contribution < 1.29 is 0 Å². The predicted molar refractivity (Wildman–Crippen MR) is 84.2 cm³/mol. The molecule has 1 unspecified atom stereocenters. The molecule has 0 aliphatic heterocycles. The van der Waals surface area contributed by atoms with E-state index in [1.165, 1.54) is 22.0 Å². The van der Waals surface area contributed by atoms with Gasteiger partial charge in [-0.15, -0.1) is 11.3 Å². The number of rotatable bonds is 2. The maximum Gasteiger partial charge on any atom is 0.113 e.